The number of halogens is 3. The van der Waals surface area contributed by atoms with E-state index < -0.39 is 23.6 Å². The number of nitrogens with one attached hydrogen (secondary N) is 2. The van der Waals surface area contributed by atoms with E-state index in [2.05, 4.69) is 15.8 Å². The van der Waals surface area contributed by atoms with Gasteiger partial charge in [0.1, 0.15) is 17.3 Å². The number of nitrogens with two attached hydrogens (primary N) is 1. The van der Waals surface area contributed by atoms with Crippen molar-refractivity contribution in [3.05, 3.63) is 82.4 Å². The van der Waals surface area contributed by atoms with Crippen LogP contribution >= 0.6 is 11.6 Å². The lowest BCUT2D eigenvalue weighted by molar-refractivity contribution is 0.100. The fourth-order valence-electron chi connectivity index (χ4n) is 3.25. The van der Waals surface area contributed by atoms with Gasteiger partial charge < -0.3 is 20.9 Å². The monoisotopic (exact) mass is 456 g/mol. The second-order valence-corrected chi connectivity index (χ2v) is 7.24. The summed E-state index contributed by atoms with van der Waals surface area (Å²) in [4.78, 5) is 24.1. The fourth-order valence-corrected chi connectivity index (χ4v) is 3.41. The Bertz CT molecular complexity index is 1360. The van der Waals surface area contributed by atoms with Gasteiger partial charge in [-0.15, -0.1) is 0 Å². The molecule has 3 aromatic carbocycles. The third kappa shape index (κ3) is 4.23. The second-order valence-electron chi connectivity index (χ2n) is 6.81. The summed E-state index contributed by atoms with van der Waals surface area (Å²) in [5, 5.41) is 9.48. The topological polar surface area (TPSA) is 110 Å². The summed E-state index contributed by atoms with van der Waals surface area (Å²) in [5.74, 6) is -1.92. The number of benzene rings is 3. The van der Waals surface area contributed by atoms with Crippen LogP contribution in [0.1, 0.15) is 15.9 Å². The maximum atomic E-state index is 14.0. The van der Waals surface area contributed by atoms with Gasteiger partial charge in [0.15, 0.2) is 5.58 Å². The first-order valence-electron chi connectivity index (χ1n) is 9.30. The van der Waals surface area contributed by atoms with Crippen LogP contribution in [-0.4, -0.2) is 17.1 Å². The van der Waals surface area contributed by atoms with Gasteiger partial charge in [0.05, 0.1) is 16.6 Å². The van der Waals surface area contributed by atoms with Crippen LogP contribution in [0, 0.1) is 11.6 Å². The maximum absolute atomic E-state index is 14.0. The van der Waals surface area contributed by atoms with Gasteiger partial charge in [-0.2, -0.15) is 0 Å². The Hall–Kier alpha value is -3.98. The van der Waals surface area contributed by atoms with E-state index in [1.165, 1.54) is 36.4 Å². The van der Waals surface area contributed by atoms with Crippen molar-refractivity contribution in [2.45, 2.75) is 6.54 Å². The van der Waals surface area contributed by atoms with Crippen LogP contribution in [0.4, 0.5) is 19.3 Å². The zero-order valence-corrected chi connectivity index (χ0v) is 17.0. The molecule has 0 fully saturated rings. The minimum absolute atomic E-state index is 0.0695. The number of carbonyl (C=O) groups excluding carboxylic acids is 2. The third-order valence-corrected chi connectivity index (χ3v) is 4.94. The zero-order valence-electron chi connectivity index (χ0n) is 16.3. The maximum Gasteiger partial charge on any atom is 0.319 e. The summed E-state index contributed by atoms with van der Waals surface area (Å²) < 4.78 is 33.2. The molecule has 32 heavy (non-hydrogen) atoms. The molecule has 10 heteroatoms. The van der Waals surface area contributed by atoms with Gasteiger partial charge in [-0.1, -0.05) is 22.8 Å². The number of hydrogen-bond donors (Lipinski definition) is 3. The molecule has 162 valence electrons. The van der Waals surface area contributed by atoms with Crippen molar-refractivity contribution in [2.24, 2.45) is 5.73 Å². The van der Waals surface area contributed by atoms with E-state index in [-0.39, 0.29) is 28.5 Å². The normalized spacial score (nSPS) is 10.8. The average Bonchev–Trinajstić information content (AvgIpc) is 3.18. The SMILES string of the molecule is NC(=O)c1cccc2onc(-c3ccc(F)cc3CNC(=O)Nc3ccc(Cl)cc3F)c12. The van der Waals surface area contributed by atoms with Crippen molar-refractivity contribution in [3.63, 3.8) is 0 Å². The highest BCUT2D eigenvalue weighted by Gasteiger charge is 2.20. The quantitative estimate of drug-likeness (QED) is 0.398. The lowest BCUT2D eigenvalue weighted by atomic mass is 9.98. The van der Waals surface area contributed by atoms with Crippen molar-refractivity contribution in [1.82, 2.24) is 10.5 Å². The Morgan fingerprint density at radius 2 is 1.91 bits per heavy atom. The number of hydrogen-bond acceptors (Lipinski definition) is 4. The number of carbonyl (C=O) groups is 2. The number of rotatable bonds is 5. The number of aromatic nitrogens is 1. The van der Waals surface area contributed by atoms with E-state index in [1.807, 2.05) is 0 Å². The predicted molar refractivity (Wildman–Crippen MR) is 115 cm³/mol. The van der Waals surface area contributed by atoms with Crippen LogP contribution in [0.15, 0.2) is 59.1 Å². The number of nitrogens with zero attached hydrogens (tertiary/aromatic N) is 1. The minimum Gasteiger partial charge on any atom is -0.366 e. The molecular weight excluding hydrogens is 442 g/mol. The first-order valence-corrected chi connectivity index (χ1v) is 9.68. The van der Waals surface area contributed by atoms with Crippen molar-refractivity contribution < 1.29 is 22.9 Å². The molecule has 4 rings (SSSR count). The Labute approximate surface area is 185 Å². The van der Waals surface area contributed by atoms with Crippen LogP contribution in [0.5, 0.6) is 0 Å². The number of amides is 3. The van der Waals surface area contributed by atoms with Crippen molar-refractivity contribution in [1.29, 1.82) is 0 Å². The zero-order chi connectivity index (χ0) is 22.8. The molecule has 0 atom stereocenters. The molecule has 3 amide bonds. The van der Waals surface area contributed by atoms with Crippen LogP contribution < -0.4 is 16.4 Å². The number of fused-ring (bicyclic) bond motifs is 1. The molecule has 4 N–H and O–H groups in total. The standard InChI is InChI=1S/C22H15ClF2N4O3/c23-12-4-7-17(16(25)9-12)28-22(31)27-10-11-8-13(24)5-6-14(11)20-19-15(21(26)30)2-1-3-18(19)32-29-20/h1-9H,10H2,(H2,26,30)(H2,27,28,31). The minimum atomic E-state index is -0.718. The number of primary amides is 1. The highest BCUT2D eigenvalue weighted by Crippen LogP contribution is 2.33. The van der Waals surface area contributed by atoms with Crippen LogP contribution in [0.3, 0.4) is 0 Å². The lowest BCUT2D eigenvalue weighted by Gasteiger charge is -2.12. The molecule has 0 spiro atoms. The van der Waals surface area contributed by atoms with Crippen molar-refractivity contribution in [2.75, 3.05) is 5.32 Å². The van der Waals surface area contributed by atoms with Gasteiger partial charge in [-0.05, 0) is 54.1 Å². The summed E-state index contributed by atoms with van der Waals surface area (Å²) in [6.07, 6.45) is 0. The van der Waals surface area contributed by atoms with Crippen LogP contribution in [-0.2, 0) is 6.54 Å². The van der Waals surface area contributed by atoms with E-state index in [1.54, 1.807) is 12.1 Å². The molecule has 1 aromatic heterocycles. The first kappa shape index (κ1) is 21.3. The van der Waals surface area contributed by atoms with E-state index in [4.69, 9.17) is 21.9 Å². The highest BCUT2D eigenvalue weighted by molar-refractivity contribution is 6.30. The molecule has 0 bridgehead atoms. The van der Waals surface area contributed by atoms with Crippen LogP contribution in [0.25, 0.3) is 22.2 Å². The van der Waals surface area contributed by atoms with E-state index >= 15 is 0 Å². The average molecular weight is 457 g/mol. The molecule has 0 aliphatic rings. The summed E-state index contributed by atoms with van der Waals surface area (Å²) in [7, 11) is 0. The lowest BCUT2D eigenvalue weighted by Crippen LogP contribution is -2.28. The number of anilines is 1. The molecule has 0 radical (unpaired) electrons. The Kier molecular flexibility index (Phi) is 5.74. The van der Waals surface area contributed by atoms with Crippen molar-refractivity contribution in [3.8, 4) is 11.3 Å². The molecule has 1 heterocycles. The first-order chi connectivity index (χ1) is 15.3. The summed E-state index contributed by atoms with van der Waals surface area (Å²) >= 11 is 5.70. The van der Waals surface area contributed by atoms with E-state index in [0.29, 0.717) is 22.1 Å². The molecular formula is C22H15ClF2N4O3. The molecule has 0 saturated carbocycles. The smallest absolute Gasteiger partial charge is 0.319 e. The van der Waals surface area contributed by atoms with Gasteiger partial charge in [0.25, 0.3) is 0 Å². The third-order valence-electron chi connectivity index (χ3n) is 4.70. The van der Waals surface area contributed by atoms with E-state index in [9.17, 15) is 18.4 Å². The molecule has 7 nitrogen and oxygen atoms in total. The Morgan fingerprint density at radius 1 is 1.09 bits per heavy atom. The molecule has 0 aliphatic heterocycles. The summed E-state index contributed by atoms with van der Waals surface area (Å²) in [5.41, 5.74) is 6.98. The van der Waals surface area contributed by atoms with Gasteiger partial charge in [0, 0.05) is 17.1 Å². The predicted octanol–water partition coefficient (Wildman–Crippen LogP) is 4.85. The molecule has 0 saturated heterocycles. The fraction of sp³-hybridized carbons (Fsp3) is 0.0455. The number of urea groups is 1. The van der Waals surface area contributed by atoms with Gasteiger partial charge >= 0.3 is 6.03 Å². The summed E-state index contributed by atoms with van der Waals surface area (Å²) in [6, 6.07) is 11.7. The van der Waals surface area contributed by atoms with Gasteiger partial charge in [0.2, 0.25) is 5.91 Å². The van der Waals surface area contributed by atoms with E-state index in [0.717, 1.165) is 6.07 Å². The van der Waals surface area contributed by atoms with Gasteiger partial charge in [-0.25, -0.2) is 13.6 Å². The van der Waals surface area contributed by atoms with Gasteiger partial charge in [-0.3, -0.25) is 4.79 Å². The largest absolute Gasteiger partial charge is 0.366 e. The molecule has 0 aliphatic carbocycles. The summed E-state index contributed by atoms with van der Waals surface area (Å²) in [6.45, 7) is -0.124. The highest BCUT2D eigenvalue weighted by atomic mass is 35.5. The Morgan fingerprint density at radius 3 is 2.66 bits per heavy atom. The molecule has 4 aromatic rings. The van der Waals surface area contributed by atoms with Crippen LogP contribution in [0.2, 0.25) is 5.02 Å². The van der Waals surface area contributed by atoms with Crippen molar-refractivity contribution >= 4 is 40.2 Å². The Balaban J connectivity index is 1.63. The second kappa shape index (κ2) is 8.64. The molecule has 0 unspecified atom stereocenters.